The monoisotopic (exact) mass is 267 g/mol. The maximum Gasteiger partial charge on any atom is 0.0624 e. The van der Waals surface area contributed by atoms with Crippen LogP contribution in [0.3, 0.4) is 0 Å². The van der Waals surface area contributed by atoms with E-state index in [0.29, 0.717) is 6.04 Å². The first kappa shape index (κ1) is 16.2. The topological polar surface area (TPSA) is 50.1 Å². The largest absolute Gasteiger partial charge is 0.394 e. The molecule has 1 aromatic heterocycles. The van der Waals surface area contributed by atoms with E-state index in [0.717, 1.165) is 31.5 Å². The molecular formula is C15H29N3O. The van der Waals surface area contributed by atoms with Gasteiger partial charge in [0.1, 0.15) is 0 Å². The summed E-state index contributed by atoms with van der Waals surface area (Å²) < 4.78 is 2.09. The molecule has 19 heavy (non-hydrogen) atoms. The minimum absolute atomic E-state index is 0.147. The number of aliphatic hydroxyl groups excluding tert-OH is 1. The predicted molar refractivity (Wildman–Crippen MR) is 79.4 cm³/mol. The van der Waals surface area contributed by atoms with E-state index in [1.54, 1.807) is 0 Å². The molecule has 0 saturated heterocycles. The van der Waals surface area contributed by atoms with Crippen molar-refractivity contribution in [3.8, 4) is 0 Å². The molecule has 0 radical (unpaired) electrons. The second-order valence-electron chi connectivity index (χ2n) is 5.83. The van der Waals surface area contributed by atoms with Crippen LogP contribution in [0, 0.1) is 0 Å². The van der Waals surface area contributed by atoms with Crippen LogP contribution in [0.15, 0.2) is 6.07 Å². The van der Waals surface area contributed by atoms with Gasteiger partial charge in [-0.3, -0.25) is 4.68 Å². The summed E-state index contributed by atoms with van der Waals surface area (Å²) >= 11 is 0. The van der Waals surface area contributed by atoms with Crippen LogP contribution in [0.1, 0.15) is 52.4 Å². The number of nitrogens with one attached hydrogen (secondary N) is 1. The van der Waals surface area contributed by atoms with Crippen LogP contribution in [0.4, 0.5) is 0 Å². The van der Waals surface area contributed by atoms with Crippen molar-refractivity contribution in [3.63, 3.8) is 0 Å². The minimum atomic E-state index is -0.239. The second-order valence-corrected chi connectivity index (χ2v) is 5.83. The number of aryl methyl sites for hydroxylation is 3. The van der Waals surface area contributed by atoms with Crippen molar-refractivity contribution in [2.75, 3.05) is 6.61 Å². The third-order valence-corrected chi connectivity index (χ3v) is 3.50. The number of nitrogens with zero attached hydrogens (tertiary/aromatic N) is 2. The van der Waals surface area contributed by atoms with Gasteiger partial charge in [0.2, 0.25) is 0 Å². The summed E-state index contributed by atoms with van der Waals surface area (Å²) in [6, 6.07) is 2.55. The molecule has 1 heterocycles. The van der Waals surface area contributed by atoms with Gasteiger partial charge in [0.15, 0.2) is 0 Å². The molecule has 0 amide bonds. The number of hydrogen-bond donors (Lipinski definition) is 2. The molecule has 0 spiro atoms. The van der Waals surface area contributed by atoms with E-state index in [-0.39, 0.29) is 12.1 Å². The summed E-state index contributed by atoms with van der Waals surface area (Å²) in [7, 11) is 0. The fraction of sp³-hybridized carbons (Fsp3) is 0.800. The van der Waals surface area contributed by atoms with Crippen LogP contribution < -0.4 is 5.32 Å². The van der Waals surface area contributed by atoms with Crippen LogP contribution in [0.25, 0.3) is 0 Å². The first-order valence-corrected chi connectivity index (χ1v) is 7.38. The highest BCUT2D eigenvalue weighted by Crippen LogP contribution is 2.14. The van der Waals surface area contributed by atoms with Gasteiger partial charge in [-0.2, -0.15) is 5.10 Å². The maximum atomic E-state index is 9.60. The van der Waals surface area contributed by atoms with Gasteiger partial charge in [-0.15, -0.1) is 0 Å². The van der Waals surface area contributed by atoms with Gasteiger partial charge < -0.3 is 10.4 Å². The highest BCUT2D eigenvalue weighted by Gasteiger charge is 2.24. The second kappa shape index (κ2) is 7.06. The lowest BCUT2D eigenvalue weighted by Gasteiger charge is -2.31. The Labute approximate surface area is 117 Å². The molecule has 0 saturated carbocycles. The molecule has 1 aromatic rings. The zero-order valence-corrected chi connectivity index (χ0v) is 13.0. The van der Waals surface area contributed by atoms with E-state index in [9.17, 15) is 5.11 Å². The predicted octanol–water partition coefficient (Wildman–Crippen LogP) is 2.15. The van der Waals surface area contributed by atoms with E-state index < -0.39 is 0 Å². The fourth-order valence-corrected chi connectivity index (χ4v) is 2.41. The van der Waals surface area contributed by atoms with E-state index in [4.69, 9.17) is 0 Å². The quantitative estimate of drug-likeness (QED) is 0.759. The molecule has 1 atom stereocenters. The fourth-order valence-electron chi connectivity index (χ4n) is 2.41. The molecular weight excluding hydrogens is 238 g/mol. The van der Waals surface area contributed by atoms with Crippen LogP contribution in [0.5, 0.6) is 0 Å². The van der Waals surface area contributed by atoms with Crippen molar-refractivity contribution >= 4 is 0 Å². The van der Waals surface area contributed by atoms with Gasteiger partial charge in [-0.1, -0.05) is 27.7 Å². The van der Waals surface area contributed by atoms with Crippen molar-refractivity contribution < 1.29 is 5.11 Å². The van der Waals surface area contributed by atoms with Gasteiger partial charge >= 0.3 is 0 Å². The lowest BCUT2D eigenvalue weighted by molar-refractivity contribution is 0.150. The SMILES string of the molecule is CCc1cc(CC)n(CCC(C)(CO)NC(C)C)n1. The van der Waals surface area contributed by atoms with E-state index >= 15 is 0 Å². The number of aliphatic hydroxyl groups is 1. The normalized spacial score (nSPS) is 14.9. The standard InChI is InChI=1S/C15H29N3O/c1-6-13-10-14(7-2)18(17-13)9-8-15(5,11-19)16-12(3)4/h10,12,16,19H,6-9,11H2,1-5H3. The van der Waals surface area contributed by atoms with Gasteiger partial charge in [0, 0.05) is 23.8 Å². The molecule has 0 aliphatic carbocycles. The average molecular weight is 267 g/mol. The number of aromatic nitrogens is 2. The summed E-state index contributed by atoms with van der Waals surface area (Å²) in [6.07, 6.45) is 2.85. The van der Waals surface area contributed by atoms with Gasteiger partial charge in [-0.05, 0) is 32.3 Å². The average Bonchev–Trinajstić information content (AvgIpc) is 2.78. The van der Waals surface area contributed by atoms with Crippen molar-refractivity contribution in [2.45, 2.75) is 72.0 Å². The zero-order valence-electron chi connectivity index (χ0n) is 13.0. The van der Waals surface area contributed by atoms with E-state index in [1.807, 2.05) is 0 Å². The van der Waals surface area contributed by atoms with Gasteiger partial charge in [0.05, 0.1) is 12.3 Å². The zero-order chi connectivity index (χ0) is 14.5. The molecule has 110 valence electrons. The molecule has 0 fully saturated rings. The Balaban J connectivity index is 2.71. The number of hydrogen-bond acceptors (Lipinski definition) is 3. The third kappa shape index (κ3) is 4.62. The lowest BCUT2D eigenvalue weighted by atomic mass is 9.98. The summed E-state index contributed by atoms with van der Waals surface area (Å²) in [4.78, 5) is 0. The molecule has 4 nitrogen and oxygen atoms in total. The van der Waals surface area contributed by atoms with Crippen molar-refractivity contribution in [2.24, 2.45) is 0 Å². The Bertz CT molecular complexity index is 387. The first-order chi connectivity index (χ1) is 8.94. The van der Waals surface area contributed by atoms with E-state index in [2.05, 4.69) is 55.8 Å². The summed E-state index contributed by atoms with van der Waals surface area (Å²) in [5.41, 5.74) is 2.19. The van der Waals surface area contributed by atoms with Crippen LogP contribution >= 0.6 is 0 Å². The van der Waals surface area contributed by atoms with Crippen LogP contribution in [0.2, 0.25) is 0 Å². The first-order valence-electron chi connectivity index (χ1n) is 7.38. The maximum absolute atomic E-state index is 9.60. The number of rotatable bonds is 8. The Kier molecular flexibility index (Phi) is 6.01. The van der Waals surface area contributed by atoms with E-state index in [1.165, 1.54) is 5.69 Å². The molecule has 2 N–H and O–H groups in total. The van der Waals surface area contributed by atoms with Crippen LogP contribution in [-0.2, 0) is 19.4 Å². The summed E-state index contributed by atoms with van der Waals surface area (Å²) in [5, 5.41) is 17.7. The third-order valence-electron chi connectivity index (χ3n) is 3.50. The Morgan fingerprint density at radius 1 is 1.37 bits per heavy atom. The highest BCUT2D eigenvalue weighted by molar-refractivity contribution is 5.10. The molecule has 4 heteroatoms. The molecule has 0 aliphatic rings. The van der Waals surface area contributed by atoms with Crippen molar-refractivity contribution in [3.05, 3.63) is 17.5 Å². The van der Waals surface area contributed by atoms with Gasteiger partial charge in [-0.25, -0.2) is 0 Å². The van der Waals surface area contributed by atoms with Crippen molar-refractivity contribution in [1.29, 1.82) is 0 Å². The highest BCUT2D eigenvalue weighted by atomic mass is 16.3. The van der Waals surface area contributed by atoms with Crippen LogP contribution in [-0.4, -0.2) is 33.1 Å². The lowest BCUT2D eigenvalue weighted by Crippen LogP contribution is -2.49. The molecule has 0 aliphatic heterocycles. The molecule has 0 bridgehead atoms. The Morgan fingerprint density at radius 2 is 2.05 bits per heavy atom. The Hall–Kier alpha value is -0.870. The summed E-state index contributed by atoms with van der Waals surface area (Å²) in [5.74, 6) is 0. The molecule has 0 aromatic carbocycles. The van der Waals surface area contributed by atoms with Crippen molar-refractivity contribution in [1.82, 2.24) is 15.1 Å². The minimum Gasteiger partial charge on any atom is -0.394 e. The summed E-state index contributed by atoms with van der Waals surface area (Å²) in [6.45, 7) is 11.6. The molecule has 1 unspecified atom stereocenters. The molecule has 1 rings (SSSR count). The smallest absolute Gasteiger partial charge is 0.0624 e. The van der Waals surface area contributed by atoms with Gasteiger partial charge in [0.25, 0.3) is 0 Å². The Morgan fingerprint density at radius 3 is 2.53 bits per heavy atom.